The van der Waals surface area contributed by atoms with Gasteiger partial charge in [0.05, 0.1) is 64.0 Å². The molecule has 3 aromatic heterocycles. The molecule has 19 nitrogen and oxygen atoms in total. The van der Waals surface area contributed by atoms with Gasteiger partial charge in [0.1, 0.15) is 17.5 Å². The Hall–Kier alpha value is -9.35. The quantitative estimate of drug-likeness (QED) is 0.0439. The van der Waals surface area contributed by atoms with Crippen molar-refractivity contribution < 1.29 is 60.4 Å². The second-order valence-corrected chi connectivity index (χ2v) is 33.0. The molecule has 0 unspecified atom stereocenters. The van der Waals surface area contributed by atoms with Gasteiger partial charge in [-0.3, -0.25) is 4.72 Å². The van der Waals surface area contributed by atoms with Crippen molar-refractivity contribution in [3.63, 3.8) is 0 Å². The molecule has 27 heteroatoms. The van der Waals surface area contributed by atoms with Crippen molar-refractivity contribution in [2.75, 3.05) is 23.5 Å². The van der Waals surface area contributed by atoms with E-state index in [0.717, 1.165) is 91.8 Å². The number of sulfone groups is 3. The van der Waals surface area contributed by atoms with Crippen molar-refractivity contribution in [2.45, 2.75) is 83.1 Å². The zero-order chi connectivity index (χ0) is 69.9. The normalized spacial score (nSPS) is 12.5. The second-order valence-electron chi connectivity index (χ2n) is 23.7. The van der Waals surface area contributed by atoms with Gasteiger partial charge in [0.2, 0.25) is 10.0 Å². The van der Waals surface area contributed by atoms with Crippen LogP contribution >= 0.6 is 0 Å². The van der Waals surface area contributed by atoms with Crippen molar-refractivity contribution in [3.8, 4) is 33.4 Å². The summed E-state index contributed by atoms with van der Waals surface area (Å²) in [5.74, 6) is 2.35. The molecule has 0 aliphatic rings. The first kappa shape index (κ1) is 70.5. The molecule has 7 N–H and O–H groups in total. The molecule has 12 aromatic rings. The Morgan fingerprint density at radius 1 is 0.423 bits per heavy atom. The van der Waals surface area contributed by atoms with E-state index in [-0.39, 0.29) is 21.0 Å². The summed E-state index contributed by atoms with van der Waals surface area (Å²) < 4.78 is 157. The number of anilines is 1. The van der Waals surface area contributed by atoms with Crippen molar-refractivity contribution in [1.82, 2.24) is 29.9 Å². The van der Waals surface area contributed by atoms with Crippen LogP contribution < -0.4 is 9.86 Å². The molecule has 0 aliphatic heterocycles. The predicted octanol–water partition coefficient (Wildman–Crippen LogP) is 12.4. The van der Waals surface area contributed by atoms with E-state index in [9.17, 15) is 60.4 Å². The van der Waals surface area contributed by atoms with Crippen LogP contribution in [0.15, 0.2) is 220 Å². The van der Waals surface area contributed by atoms with E-state index in [0.29, 0.717) is 63.5 Å². The molecule has 97 heavy (non-hydrogen) atoms. The highest BCUT2D eigenvalue weighted by atomic mass is 32.2. The largest absolute Gasteiger partial charge is 0.516 e. The van der Waals surface area contributed by atoms with E-state index in [1.165, 1.54) is 36.8 Å². The van der Waals surface area contributed by atoms with Gasteiger partial charge in [-0.1, -0.05) is 115 Å². The number of imidazole rings is 3. The first-order valence-electron chi connectivity index (χ1n) is 30.0. The number of aryl methyl sites for hydroxylation is 6. The molecule has 0 aliphatic carbocycles. The van der Waals surface area contributed by atoms with E-state index in [1.807, 2.05) is 66.7 Å². The van der Waals surface area contributed by atoms with E-state index in [4.69, 9.17) is 5.14 Å². The van der Waals surface area contributed by atoms with Crippen LogP contribution in [-0.4, -0.2) is 101 Å². The number of aliphatic hydroxyl groups is 1. The van der Waals surface area contributed by atoms with E-state index < -0.39 is 60.7 Å². The van der Waals surface area contributed by atoms with Crippen molar-refractivity contribution in [3.05, 3.63) is 240 Å². The highest BCUT2D eigenvalue weighted by Crippen LogP contribution is 2.36. The van der Waals surface area contributed by atoms with Gasteiger partial charge in [-0.25, -0.2) is 53.8 Å². The van der Waals surface area contributed by atoms with Crippen LogP contribution in [0.5, 0.6) is 0 Å². The molecule has 504 valence electrons. The topological polar surface area (TPSA) is 315 Å². The van der Waals surface area contributed by atoms with Crippen LogP contribution in [0.1, 0.15) is 53.6 Å². The number of aromatic nitrogens is 6. The second kappa shape index (κ2) is 28.0. The number of H-pyrrole nitrogens is 3. The third-order valence-corrected chi connectivity index (χ3v) is 21.2. The maximum Gasteiger partial charge on any atom is 0.516 e. The first-order valence-corrected chi connectivity index (χ1v) is 38.7. The number of hydrogen-bond donors (Lipinski definition) is 6. The maximum absolute atomic E-state index is 12.8. The summed E-state index contributed by atoms with van der Waals surface area (Å²) in [6.07, 6.45) is 7.54. The fourth-order valence-corrected chi connectivity index (χ4v) is 14.0. The summed E-state index contributed by atoms with van der Waals surface area (Å²) in [4.78, 5) is 24.6. The monoisotopic (exact) mass is 1410 g/mol. The number of benzene rings is 9. The Labute approximate surface area is 560 Å². The van der Waals surface area contributed by atoms with Gasteiger partial charge in [-0.2, -0.15) is 21.6 Å². The van der Waals surface area contributed by atoms with Gasteiger partial charge >= 0.3 is 15.5 Å². The smallest absolute Gasteiger partial charge is 0.386 e. The summed E-state index contributed by atoms with van der Waals surface area (Å²) >= 11 is 0. The number of nitrogens with zero attached hydrogens (tertiary/aromatic N) is 3. The van der Waals surface area contributed by atoms with Gasteiger partial charge in [-0.05, 0) is 163 Å². The van der Waals surface area contributed by atoms with Gasteiger partial charge < -0.3 is 20.1 Å². The van der Waals surface area contributed by atoms with Gasteiger partial charge in [-0.15, -0.1) is 0 Å². The standard InChI is InChI=1S/C25H26N2O3S.C23H20F3N3O4S2.C22H21N3O4S2/c1-25(2,28)21-7-5-4-6-20(21)18-11-14-22-23(16-18)27-24(26-22)15-10-17-8-12-19(13-9-17)31(3,29)30;1-34(30,31)17-10-6-15(7-11-17)8-13-22-27-20-12-9-16(14-21(20)28-22)18-4-2-3-5-19(18)29-35(32,33)23(24,25)26;1-30(26,27)17-10-6-15(7-11-17)8-13-22-24-19-12-9-16(14-20(19)25-22)18-4-2-3-5-21(18)31(23,28)29/h4-9,11-14,16,28H,10,15H2,1-3H3,(H,26,27);2-7,9-12,14,29H,8,13H2,1H3,(H,27,28);2-7,9-12,14H,8,13H2,1H3,(H,24,25)(H2,23,28,29). The minimum atomic E-state index is -5.57. The molecular weight excluding hydrogens is 1350 g/mol. The lowest BCUT2D eigenvalue weighted by molar-refractivity contribution is -0.0429. The third kappa shape index (κ3) is 17.6. The SMILES string of the molecule is CC(C)(O)c1ccccc1-c1ccc2nc(CCc3ccc(S(C)(=O)=O)cc3)[nH]c2c1.CS(=O)(=O)c1ccc(CCc2nc3ccc(-c4ccccc4NS(=O)(=O)C(F)(F)F)cc3[nH]2)cc1.CS(=O)(=O)c1ccc(CCc2nc3ccc(-c4ccccc4S(N)(=O)=O)cc3[nH]2)cc1. The van der Waals surface area contributed by atoms with E-state index in [1.54, 1.807) is 122 Å². The molecular formula is C70H67F3N8O11S5. The minimum Gasteiger partial charge on any atom is -0.386 e. The van der Waals surface area contributed by atoms with E-state index >= 15 is 0 Å². The number of hydrogen-bond acceptors (Lipinski definition) is 14. The third-order valence-electron chi connectivity index (χ3n) is 15.8. The van der Waals surface area contributed by atoms with Gasteiger partial charge in [0.15, 0.2) is 29.5 Å². The number of nitrogens with one attached hydrogen (secondary N) is 4. The average Bonchev–Trinajstić information content (AvgIpc) is 1.68. The highest BCUT2D eigenvalue weighted by Gasteiger charge is 2.46. The number of halogens is 3. The number of para-hydroxylation sites is 1. The van der Waals surface area contributed by atoms with Crippen LogP contribution in [0.3, 0.4) is 0 Å². The van der Waals surface area contributed by atoms with Crippen LogP contribution in [0.25, 0.3) is 66.5 Å². The Balaban J connectivity index is 0.000000158. The number of primary sulfonamides is 1. The Kier molecular flexibility index (Phi) is 20.3. The molecule has 0 saturated carbocycles. The lowest BCUT2D eigenvalue weighted by Gasteiger charge is -2.21. The average molecular weight is 1410 g/mol. The Bertz CT molecular complexity index is 5490. The zero-order valence-electron chi connectivity index (χ0n) is 52.9. The van der Waals surface area contributed by atoms with Crippen LogP contribution in [0, 0.1) is 0 Å². The molecule has 0 amide bonds. The summed E-state index contributed by atoms with van der Waals surface area (Å²) in [6, 6.07) is 57.4. The zero-order valence-corrected chi connectivity index (χ0v) is 57.0. The highest BCUT2D eigenvalue weighted by molar-refractivity contribution is 7.93. The molecule has 0 saturated heterocycles. The molecule has 12 rings (SSSR count). The summed E-state index contributed by atoms with van der Waals surface area (Å²) in [6.45, 7) is 3.59. The molecule has 0 fully saturated rings. The molecule has 3 heterocycles. The molecule has 0 atom stereocenters. The van der Waals surface area contributed by atoms with Crippen LogP contribution in [-0.2, 0) is 93.7 Å². The summed E-state index contributed by atoms with van der Waals surface area (Å²) in [5.41, 5.74) is 6.09. The lowest BCUT2D eigenvalue weighted by Crippen LogP contribution is -2.30. The van der Waals surface area contributed by atoms with E-state index in [2.05, 4.69) is 36.0 Å². The molecule has 0 radical (unpaired) electrons. The minimum absolute atomic E-state index is 0.0756. The number of rotatable bonds is 19. The number of nitrogens with two attached hydrogens (primary N) is 1. The predicted molar refractivity (Wildman–Crippen MR) is 371 cm³/mol. The van der Waals surface area contributed by atoms with Crippen molar-refractivity contribution >= 4 is 88.3 Å². The van der Waals surface area contributed by atoms with Crippen molar-refractivity contribution in [1.29, 1.82) is 0 Å². The number of fused-ring (bicyclic) bond motifs is 3. The first-order chi connectivity index (χ1) is 45.6. The summed E-state index contributed by atoms with van der Waals surface area (Å²) in [5, 5.41) is 15.9. The fourth-order valence-electron chi connectivity index (χ4n) is 10.8. The Morgan fingerprint density at radius 2 is 0.753 bits per heavy atom. The lowest BCUT2D eigenvalue weighted by atomic mass is 9.89. The van der Waals surface area contributed by atoms with Crippen molar-refractivity contribution in [2.24, 2.45) is 5.14 Å². The van der Waals surface area contributed by atoms with Gasteiger partial charge in [0.25, 0.3) is 0 Å². The number of sulfonamides is 2. The van der Waals surface area contributed by atoms with Gasteiger partial charge in [0, 0.05) is 49.2 Å². The molecule has 0 bridgehead atoms. The number of alkyl halides is 3. The van der Waals surface area contributed by atoms with Crippen LogP contribution in [0.4, 0.5) is 18.9 Å². The summed E-state index contributed by atoms with van der Waals surface area (Å²) in [7, 11) is -19.1. The molecule has 9 aromatic carbocycles. The fraction of sp³-hybridized carbons (Fsp3) is 0.186. The Morgan fingerprint density at radius 3 is 1.11 bits per heavy atom. The van der Waals surface area contributed by atoms with Crippen LogP contribution in [0.2, 0.25) is 0 Å². The number of aromatic amines is 3. The maximum atomic E-state index is 12.8. The molecule has 0 spiro atoms.